The van der Waals surface area contributed by atoms with Gasteiger partial charge in [-0.25, -0.2) is 0 Å². The number of hydrogen-bond donors (Lipinski definition) is 1. The third kappa shape index (κ3) is 5.88. The van der Waals surface area contributed by atoms with E-state index in [1.807, 2.05) is 54.3 Å². The minimum absolute atomic E-state index is 0.00889. The molecule has 2 aromatic rings. The van der Waals surface area contributed by atoms with Crippen LogP contribution >= 0.6 is 0 Å². The first kappa shape index (κ1) is 23.8. The Labute approximate surface area is 191 Å². The first-order valence-corrected chi connectivity index (χ1v) is 11.5. The highest BCUT2D eigenvalue weighted by molar-refractivity contribution is 5.85. The van der Waals surface area contributed by atoms with Crippen molar-refractivity contribution in [2.24, 2.45) is 5.92 Å². The van der Waals surface area contributed by atoms with Gasteiger partial charge in [-0.05, 0) is 38.0 Å². The molecule has 0 radical (unpaired) electrons. The van der Waals surface area contributed by atoms with Crippen LogP contribution in [0.5, 0.6) is 0 Å². The van der Waals surface area contributed by atoms with E-state index >= 15 is 0 Å². The summed E-state index contributed by atoms with van der Waals surface area (Å²) in [4.78, 5) is 30.1. The average molecular weight is 438 g/mol. The molecule has 1 fully saturated rings. The molecular weight excluding hydrogens is 402 g/mol. The van der Waals surface area contributed by atoms with Gasteiger partial charge in [-0.1, -0.05) is 48.0 Å². The van der Waals surface area contributed by atoms with Crippen molar-refractivity contribution in [3.05, 3.63) is 65.7 Å². The molecule has 3 rings (SSSR count). The van der Waals surface area contributed by atoms with Gasteiger partial charge in [-0.2, -0.15) is 0 Å². The zero-order valence-electron chi connectivity index (χ0n) is 19.4. The van der Waals surface area contributed by atoms with E-state index in [1.165, 1.54) is 0 Å². The van der Waals surface area contributed by atoms with Crippen LogP contribution in [0.15, 0.2) is 54.6 Å². The van der Waals surface area contributed by atoms with E-state index in [4.69, 9.17) is 4.74 Å². The van der Waals surface area contributed by atoms with Gasteiger partial charge in [0.25, 0.3) is 0 Å². The van der Waals surface area contributed by atoms with Gasteiger partial charge >= 0.3 is 0 Å². The van der Waals surface area contributed by atoms with Gasteiger partial charge in [-0.3, -0.25) is 9.59 Å². The molecule has 1 aliphatic heterocycles. The normalized spacial score (nSPS) is 18.5. The van der Waals surface area contributed by atoms with E-state index in [0.717, 1.165) is 29.9 Å². The lowest BCUT2D eigenvalue weighted by molar-refractivity contribution is -0.144. The maximum absolute atomic E-state index is 13.3. The average Bonchev–Trinajstić information content (AvgIpc) is 2.82. The summed E-state index contributed by atoms with van der Waals surface area (Å²) in [6.45, 7) is 7.25. The standard InChI is InChI=1S/C26H35N3O3/c1-4-28(22-8-6-5-7-9-22)17-16-27-26(31)23-14-15-24(30)29(18-19-32-3)25(23)21-12-10-20(2)11-13-21/h5-13,23,25H,4,14-19H2,1-3H3,(H,27,31)/t23-,25-/m1/s1. The molecule has 6 nitrogen and oxygen atoms in total. The fourth-order valence-electron chi connectivity index (χ4n) is 4.41. The summed E-state index contributed by atoms with van der Waals surface area (Å²) >= 11 is 0. The van der Waals surface area contributed by atoms with Crippen LogP contribution in [-0.4, -0.2) is 56.6 Å². The first-order chi connectivity index (χ1) is 15.5. The van der Waals surface area contributed by atoms with E-state index in [9.17, 15) is 9.59 Å². The van der Waals surface area contributed by atoms with Crippen molar-refractivity contribution in [3.8, 4) is 0 Å². The molecule has 1 aliphatic rings. The Bertz CT molecular complexity index is 870. The molecule has 1 heterocycles. The predicted octanol–water partition coefficient (Wildman–Crippen LogP) is 3.56. The van der Waals surface area contributed by atoms with Crippen LogP contribution in [0, 0.1) is 12.8 Å². The maximum Gasteiger partial charge on any atom is 0.225 e. The summed E-state index contributed by atoms with van der Waals surface area (Å²) in [5.41, 5.74) is 3.30. The maximum atomic E-state index is 13.3. The van der Waals surface area contributed by atoms with Crippen LogP contribution in [-0.2, 0) is 14.3 Å². The number of likely N-dealkylation sites (tertiary alicyclic amines) is 1. The Balaban J connectivity index is 1.71. The van der Waals surface area contributed by atoms with Crippen LogP contribution in [0.2, 0.25) is 0 Å². The van der Waals surface area contributed by atoms with Crippen LogP contribution in [0.1, 0.15) is 36.9 Å². The monoisotopic (exact) mass is 437 g/mol. The lowest BCUT2D eigenvalue weighted by Crippen LogP contribution is -2.49. The lowest BCUT2D eigenvalue weighted by Gasteiger charge is -2.41. The molecule has 172 valence electrons. The summed E-state index contributed by atoms with van der Waals surface area (Å²) in [5.74, 6) is -0.188. The Morgan fingerprint density at radius 3 is 2.53 bits per heavy atom. The molecule has 1 N–H and O–H groups in total. The summed E-state index contributed by atoms with van der Waals surface area (Å²) in [5, 5.41) is 3.14. The fourth-order valence-corrected chi connectivity index (χ4v) is 4.41. The van der Waals surface area contributed by atoms with E-state index < -0.39 is 0 Å². The van der Waals surface area contributed by atoms with Crippen LogP contribution < -0.4 is 10.2 Å². The third-order valence-corrected chi connectivity index (χ3v) is 6.18. The molecular formula is C26H35N3O3. The molecule has 0 bridgehead atoms. The number of rotatable bonds is 10. The predicted molar refractivity (Wildman–Crippen MR) is 128 cm³/mol. The highest BCUT2D eigenvalue weighted by Crippen LogP contribution is 2.37. The topological polar surface area (TPSA) is 61.9 Å². The number of amides is 2. The largest absolute Gasteiger partial charge is 0.383 e. The van der Waals surface area contributed by atoms with Gasteiger partial charge in [-0.15, -0.1) is 0 Å². The van der Waals surface area contributed by atoms with Crippen molar-refractivity contribution in [3.63, 3.8) is 0 Å². The molecule has 6 heteroatoms. The molecule has 0 aromatic heterocycles. The number of ether oxygens (including phenoxy) is 1. The number of carbonyl (C=O) groups excluding carboxylic acids is 2. The van der Waals surface area contributed by atoms with Crippen molar-refractivity contribution < 1.29 is 14.3 Å². The zero-order chi connectivity index (χ0) is 22.9. The smallest absolute Gasteiger partial charge is 0.225 e. The van der Waals surface area contributed by atoms with Crippen molar-refractivity contribution >= 4 is 17.5 Å². The number of hydrogen-bond acceptors (Lipinski definition) is 4. The molecule has 2 amide bonds. The molecule has 0 aliphatic carbocycles. The summed E-state index contributed by atoms with van der Waals surface area (Å²) in [6.07, 6.45) is 0.943. The SMILES string of the molecule is CCN(CCNC(=O)[C@@H]1CCC(=O)N(CCOC)[C@@H]1c1ccc(C)cc1)c1ccccc1. The first-order valence-electron chi connectivity index (χ1n) is 11.5. The number of likely N-dealkylation sites (N-methyl/N-ethyl adjacent to an activating group) is 1. The van der Waals surface area contributed by atoms with E-state index in [0.29, 0.717) is 32.5 Å². The highest BCUT2D eigenvalue weighted by atomic mass is 16.5. The summed E-state index contributed by atoms with van der Waals surface area (Å²) in [6, 6.07) is 18.1. The van der Waals surface area contributed by atoms with Gasteiger partial charge in [0.2, 0.25) is 11.8 Å². The number of carbonyl (C=O) groups is 2. The van der Waals surface area contributed by atoms with Crippen molar-refractivity contribution in [2.75, 3.05) is 44.8 Å². The molecule has 32 heavy (non-hydrogen) atoms. The number of methoxy groups -OCH3 is 1. The van der Waals surface area contributed by atoms with Gasteiger partial charge < -0.3 is 19.9 Å². The van der Waals surface area contributed by atoms with Gasteiger partial charge in [0.15, 0.2) is 0 Å². The van der Waals surface area contributed by atoms with Gasteiger partial charge in [0.1, 0.15) is 0 Å². The Kier molecular flexibility index (Phi) is 8.68. The number of nitrogens with zero attached hydrogens (tertiary/aromatic N) is 2. The second-order valence-corrected chi connectivity index (χ2v) is 8.29. The number of piperidine rings is 1. The van der Waals surface area contributed by atoms with E-state index in [1.54, 1.807) is 7.11 Å². The summed E-state index contributed by atoms with van der Waals surface area (Å²) in [7, 11) is 1.63. The number of anilines is 1. The summed E-state index contributed by atoms with van der Waals surface area (Å²) < 4.78 is 5.24. The Morgan fingerprint density at radius 1 is 1.16 bits per heavy atom. The Hall–Kier alpha value is -2.86. The zero-order valence-corrected chi connectivity index (χ0v) is 19.4. The molecule has 2 aromatic carbocycles. The molecule has 0 saturated carbocycles. The lowest BCUT2D eigenvalue weighted by atomic mass is 9.83. The molecule has 0 unspecified atom stereocenters. The number of aryl methyl sites for hydroxylation is 1. The van der Waals surface area contributed by atoms with E-state index in [2.05, 4.69) is 29.3 Å². The van der Waals surface area contributed by atoms with Crippen LogP contribution in [0.4, 0.5) is 5.69 Å². The number of benzene rings is 2. The second kappa shape index (κ2) is 11.7. The fraction of sp³-hybridized carbons (Fsp3) is 0.462. The molecule has 1 saturated heterocycles. The number of nitrogens with one attached hydrogen (secondary N) is 1. The molecule has 0 spiro atoms. The Morgan fingerprint density at radius 2 is 1.88 bits per heavy atom. The van der Waals surface area contributed by atoms with Crippen molar-refractivity contribution in [1.82, 2.24) is 10.2 Å². The number of para-hydroxylation sites is 1. The van der Waals surface area contributed by atoms with Crippen LogP contribution in [0.3, 0.4) is 0 Å². The van der Waals surface area contributed by atoms with Crippen LogP contribution in [0.25, 0.3) is 0 Å². The highest BCUT2D eigenvalue weighted by Gasteiger charge is 2.40. The molecule has 2 atom stereocenters. The van der Waals surface area contributed by atoms with Gasteiger partial charge in [0, 0.05) is 45.4 Å². The van der Waals surface area contributed by atoms with Gasteiger partial charge in [0.05, 0.1) is 18.6 Å². The minimum Gasteiger partial charge on any atom is -0.383 e. The van der Waals surface area contributed by atoms with Crippen molar-refractivity contribution in [1.29, 1.82) is 0 Å². The second-order valence-electron chi connectivity index (χ2n) is 8.29. The van der Waals surface area contributed by atoms with E-state index in [-0.39, 0.29) is 23.8 Å². The van der Waals surface area contributed by atoms with Crippen molar-refractivity contribution in [2.45, 2.75) is 32.7 Å². The third-order valence-electron chi connectivity index (χ3n) is 6.18. The minimum atomic E-state index is -0.279. The quantitative estimate of drug-likeness (QED) is 0.617.